The maximum absolute atomic E-state index is 5.45. The topological polar surface area (TPSA) is 34.3 Å². The van der Waals surface area contributed by atoms with Crippen molar-refractivity contribution in [2.45, 2.75) is 25.0 Å². The fourth-order valence-corrected chi connectivity index (χ4v) is 2.71. The highest BCUT2D eigenvalue weighted by Gasteiger charge is 2.22. The molecule has 0 saturated carbocycles. The van der Waals surface area contributed by atoms with Crippen molar-refractivity contribution in [2.24, 2.45) is 0 Å². The zero-order chi connectivity index (χ0) is 16.9. The number of ether oxygens (including phenoxy) is 3. The molecule has 3 heteroatoms. The van der Waals surface area contributed by atoms with E-state index in [1.807, 2.05) is 12.2 Å². The molecule has 2 saturated heterocycles. The first-order valence-electron chi connectivity index (χ1n) is 8.75. The molecule has 2 aliphatic rings. The molecule has 2 unspecified atom stereocenters. The van der Waals surface area contributed by atoms with Crippen LogP contribution in [-0.2, 0) is 27.1 Å². The number of hydrogen-bond acceptors (Lipinski definition) is 3. The molecule has 0 amide bonds. The van der Waals surface area contributed by atoms with Crippen molar-refractivity contribution in [2.75, 3.05) is 13.2 Å². The van der Waals surface area contributed by atoms with Gasteiger partial charge in [0, 0.05) is 12.8 Å². The Morgan fingerprint density at radius 1 is 0.720 bits per heavy atom. The van der Waals surface area contributed by atoms with Gasteiger partial charge < -0.3 is 14.2 Å². The molecule has 3 nitrogen and oxygen atoms in total. The average molecular weight is 334 g/mol. The van der Waals surface area contributed by atoms with Crippen molar-refractivity contribution in [3.63, 3.8) is 0 Å². The second kappa shape index (κ2) is 7.68. The van der Waals surface area contributed by atoms with E-state index in [-0.39, 0.29) is 0 Å². The van der Waals surface area contributed by atoms with Crippen molar-refractivity contribution >= 4 is 12.2 Å². The molecule has 2 heterocycles. The Labute approximate surface area is 148 Å². The van der Waals surface area contributed by atoms with Crippen molar-refractivity contribution in [3.8, 4) is 0 Å². The summed E-state index contributed by atoms with van der Waals surface area (Å²) >= 11 is 0. The molecule has 2 fully saturated rings. The average Bonchev–Trinajstić information content (AvgIpc) is 3.54. The summed E-state index contributed by atoms with van der Waals surface area (Å²) in [6.45, 7) is 1.80. The first-order chi connectivity index (χ1) is 12.3. The van der Waals surface area contributed by atoms with Crippen molar-refractivity contribution in [3.05, 3.63) is 83.3 Å². The molecule has 0 aromatic heterocycles. The first kappa shape index (κ1) is 16.1. The van der Waals surface area contributed by atoms with Gasteiger partial charge in [-0.05, 0) is 34.4 Å². The summed E-state index contributed by atoms with van der Waals surface area (Å²) in [4.78, 5) is 0. The Morgan fingerprint density at radius 3 is 1.48 bits per heavy atom. The minimum absolute atomic E-state index is 0.436. The second-order valence-electron chi connectivity index (χ2n) is 6.54. The molecular formula is C22H22O3. The Bertz CT molecular complexity index is 670. The molecule has 2 aromatic carbocycles. The van der Waals surface area contributed by atoms with Crippen LogP contribution in [0.1, 0.15) is 22.3 Å². The van der Waals surface area contributed by atoms with E-state index in [9.17, 15) is 0 Å². The summed E-state index contributed by atoms with van der Waals surface area (Å²) in [6.07, 6.45) is 10.2. The van der Waals surface area contributed by atoms with Crippen molar-refractivity contribution in [1.29, 1.82) is 0 Å². The van der Waals surface area contributed by atoms with Gasteiger partial charge in [-0.3, -0.25) is 0 Å². The van der Waals surface area contributed by atoms with Crippen LogP contribution < -0.4 is 0 Å². The van der Waals surface area contributed by atoms with Crippen LogP contribution in [0.2, 0.25) is 0 Å². The minimum atomic E-state index is 0.436. The summed E-state index contributed by atoms with van der Waals surface area (Å²) in [5, 5.41) is 0. The van der Waals surface area contributed by atoms with Crippen LogP contribution in [-0.4, -0.2) is 25.4 Å². The third-order valence-electron chi connectivity index (χ3n) is 4.37. The predicted octanol–water partition coefficient (Wildman–Crippen LogP) is 4.23. The van der Waals surface area contributed by atoms with Gasteiger partial charge in [0.25, 0.3) is 0 Å². The predicted molar refractivity (Wildman–Crippen MR) is 98.9 cm³/mol. The lowest BCUT2D eigenvalue weighted by atomic mass is 10.1. The van der Waals surface area contributed by atoms with Gasteiger partial charge in [-0.15, -0.1) is 0 Å². The maximum Gasteiger partial charge on any atom is 0.0907 e. The van der Waals surface area contributed by atoms with Crippen LogP contribution in [0.4, 0.5) is 0 Å². The Hall–Kier alpha value is -2.36. The van der Waals surface area contributed by atoms with Gasteiger partial charge in [-0.1, -0.05) is 48.5 Å². The molecule has 128 valence electrons. The van der Waals surface area contributed by atoms with Crippen molar-refractivity contribution < 1.29 is 14.2 Å². The lowest BCUT2D eigenvalue weighted by Gasteiger charge is -1.99. The van der Waals surface area contributed by atoms with E-state index in [4.69, 9.17) is 14.2 Å². The smallest absolute Gasteiger partial charge is 0.0907 e. The summed E-state index contributed by atoms with van der Waals surface area (Å²) in [7, 11) is 0. The van der Waals surface area contributed by atoms with E-state index in [2.05, 4.69) is 48.5 Å². The molecule has 2 aromatic rings. The molecule has 0 spiro atoms. The summed E-state index contributed by atoms with van der Waals surface area (Å²) in [5.41, 5.74) is 4.88. The van der Waals surface area contributed by atoms with Crippen LogP contribution in [0, 0.1) is 0 Å². The van der Waals surface area contributed by atoms with Crippen LogP contribution >= 0.6 is 0 Å². The molecule has 25 heavy (non-hydrogen) atoms. The lowest BCUT2D eigenvalue weighted by Crippen LogP contribution is -1.92. The standard InChI is InChI=1S/C22H22O3/c1-5-19(13-21-15-24-21)6-2-17(1)9-11-23-12-10-18-3-7-20(8-4-18)14-22-16-25-22/h1-12,21-22H,13-16H2. The van der Waals surface area contributed by atoms with Gasteiger partial charge in [-0.25, -0.2) is 0 Å². The van der Waals surface area contributed by atoms with E-state index in [1.54, 1.807) is 12.5 Å². The van der Waals surface area contributed by atoms with Crippen LogP contribution in [0.5, 0.6) is 0 Å². The van der Waals surface area contributed by atoms with Gasteiger partial charge in [0.1, 0.15) is 0 Å². The van der Waals surface area contributed by atoms with E-state index in [1.165, 1.54) is 11.1 Å². The minimum Gasteiger partial charge on any atom is -0.473 e. The molecule has 2 aliphatic heterocycles. The third-order valence-corrected chi connectivity index (χ3v) is 4.37. The Morgan fingerprint density at radius 2 is 1.12 bits per heavy atom. The van der Waals surface area contributed by atoms with Crippen molar-refractivity contribution in [1.82, 2.24) is 0 Å². The number of rotatable bonds is 8. The van der Waals surface area contributed by atoms with E-state index in [0.29, 0.717) is 12.2 Å². The fourth-order valence-electron chi connectivity index (χ4n) is 2.71. The van der Waals surface area contributed by atoms with Gasteiger partial charge in [0.05, 0.1) is 37.9 Å². The highest BCUT2D eigenvalue weighted by molar-refractivity contribution is 5.50. The van der Waals surface area contributed by atoms with Crippen LogP contribution in [0.25, 0.3) is 12.2 Å². The SMILES string of the molecule is C(=Cc1ccc(CC2CO2)cc1)OC=Cc1ccc(CC2CO2)cc1. The summed E-state index contributed by atoms with van der Waals surface area (Å²) in [5.74, 6) is 0. The molecule has 0 bridgehead atoms. The third kappa shape index (κ3) is 5.31. The van der Waals surface area contributed by atoms with Crippen LogP contribution in [0.3, 0.4) is 0 Å². The quantitative estimate of drug-likeness (QED) is 0.535. The first-order valence-corrected chi connectivity index (χ1v) is 8.75. The molecule has 4 rings (SSSR count). The molecule has 0 aliphatic carbocycles. The number of epoxide rings is 2. The van der Waals surface area contributed by atoms with Gasteiger partial charge in [-0.2, -0.15) is 0 Å². The maximum atomic E-state index is 5.45. The summed E-state index contributed by atoms with van der Waals surface area (Å²) in [6, 6.07) is 17.0. The van der Waals surface area contributed by atoms with Gasteiger partial charge in [0.2, 0.25) is 0 Å². The molecular weight excluding hydrogens is 312 g/mol. The zero-order valence-corrected chi connectivity index (χ0v) is 14.1. The second-order valence-corrected chi connectivity index (χ2v) is 6.54. The fraction of sp³-hybridized carbons (Fsp3) is 0.273. The van der Waals surface area contributed by atoms with Gasteiger partial charge in [0.15, 0.2) is 0 Å². The monoisotopic (exact) mass is 334 g/mol. The Balaban J connectivity index is 1.23. The lowest BCUT2D eigenvalue weighted by molar-refractivity contribution is 0.407. The van der Waals surface area contributed by atoms with E-state index < -0.39 is 0 Å². The molecule has 0 N–H and O–H groups in total. The largest absolute Gasteiger partial charge is 0.473 e. The normalized spacial score (nSPS) is 21.8. The number of benzene rings is 2. The Kier molecular flexibility index (Phi) is 4.96. The summed E-state index contributed by atoms with van der Waals surface area (Å²) < 4.78 is 15.9. The zero-order valence-electron chi connectivity index (χ0n) is 14.1. The molecule has 0 radical (unpaired) electrons. The van der Waals surface area contributed by atoms with E-state index in [0.717, 1.165) is 37.2 Å². The molecule has 2 atom stereocenters. The van der Waals surface area contributed by atoms with Gasteiger partial charge >= 0.3 is 0 Å². The van der Waals surface area contributed by atoms with E-state index >= 15 is 0 Å². The highest BCUT2D eigenvalue weighted by Crippen LogP contribution is 2.18. The number of hydrogen-bond donors (Lipinski definition) is 0. The highest BCUT2D eigenvalue weighted by atomic mass is 16.6. The van der Waals surface area contributed by atoms with Crippen LogP contribution in [0.15, 0.2) is 61.1 Å².